The van der Waals surface area contributed by atoms with Crippen LogP contribution in [0, 0.1) is 0 Å². The van der Waals surface area contributed by atoms with E-state index in [1.807, 2.05) is 24.3 Å². The van der Waals surface area contributed by atoms with E-state index in [0.29, 0.717) is 18.8 Å². The maximum absolute atomic E-state index is 11.5. The molecule has 0 bridgehead atoms. The first-order valence-electron chi connectivity index (χ1n) is 5.99. The van der Waals surface area contributed by atoms with E-state index in [1.165, 1.54) is 7.11 Å². The molecule has 2 rings (SSSR count). The van der Waals surface area contributed by atoms with Crippen molar-refractivity contribution in [2.24, 2.45) is 0 Å². The van der Waals surface area contributed by atoms with E-state index in [0.717, 1.165) is 16.5 Å². The monoisotopic (exact) mass is 260 g/mol. The Morgan fingerprint density at radius 1 is 1.11 bits per heavy atom. The van der Waals surface area contributed by atoms with Gasteiger partial charge in [-0.1, -0.05) is 18.2 Å². The average Bonchev–Trinajstić information content (AvgIpc) is 2.46. The summed E-state index contributed by atoms with van der Waals surface area (Å²) >= 11 is 0. The van der Waals surface area contributed by atoms with Crippen molar-refractivity contribution in [1.82, 2.24) is 0 Å². The standard InChI is InChI=1S/C15H16O4/c1-17-8-9-19-14-5-3-4-11-6-7-12(10-13(11)14)15(16)18-2/h3-7,10H,8-9H2,1-2H3. The lowest BCUT2D eigenvalue weighted by Crippen LogP contribution is -2.05. The van der Waals surface area contributed by atoms with Gasteiger partial charge in [-0.25, -0.2) is 4.79 Å². The first-order valence-corrected chi connectivity index (χ1v) is 5.99. The summed E-state index contributed by atoms with van der Waals surface area (Å²) in [6.45, 7) is 0.991. The van der Waals surface area contributed by atoms with Gasteiger partial charge in [-0.2, -0.15) is 0 Å². The third-order valence-corrected chi connectivity index (χ3v) is 2.81. The molecule has 2 aromatic carbocycles. The van der Waals surface area contributed by atoms with Crippen molar-refractivity contribution in [3.63, 3.8) is 0 Å². The molecule has 0 saturated heterocycles. The Balaban J connectivity index is 2.37. The van der Waals surface area contributed by atoms with Crippen LogP contribution in [0.25, 0.3) is 10.8 Å². The fourth-order valence-corrected chi connectivity index (χ4v) is 1.85. The first-order chi connectivity index (χ1) is 9.26. The Morgan fingerprint density at radius 2 is 1.95 bits per heavy atom. The fraction of sp³-hybridized carbons (Fsp3) is 0.267. The van der Waals surface area contributed by atoms with Gasteiger partial charge >= 0.3 is 5.97 Å². The van der Waals surface area contributed by atoms with E-state index in [4.69, 9.17) is 14.2 Å². The number of ether oxygens (including phenoxy) is 3. The second-order valence-corrected chi connectivity index (χ2v) is 4.02. The van der Waals surface area contributed by atoms with Gasteiger partial charge in [0.15, 0.2) is 0 Å². The molecule has 4 heteroatoms. The Morgan fingerprint density at radius 3 is 2.68 bits per heavy atom. The van der Waals surface area contributed by atoms with Crippen LogP contribution in [-0.4, -0.2) is 33.4 Å². The molecule has 0 saturated carbocycles. The molecule has 0 radical (unpaired) electrons. The molecular weight excluding hydrogens is 244 g/mol. The van der Waals surface area contributed by atoms with Gasteiger partial charge in [-0.3, -0.25) is 0 Å². The third kappa shape index (κ3) is 3.03. The van der Waals surface area contributed by atoms with E-state index < -0.39 is 0 Å². The van der Waals surface area contributed by atoms with Crippen molar-refractivity contribution < 1.29 is 19.0 Å². The minimum Gasteiger partial charge on any atom is -0.491 e. The summed E-state index contributed by atoms with van der Waals surface area (Å²) in [5, 5.41) is 1.91. The van der Waals surface area contributed by atoms with Gasteiger partial charge in [-0.05, 0) is 23.6 Å². The summed E-state index contributed by atoms with van der Waals surface area (Å²) in [4.78, 5) is 11.5. The first kappa shape index (κ1) is 13.4. The highest BCUT2D eigenvalue weighted by Gasteiger charge is 2.08. The van der Waals surface area contributed by atoms with Crippen molar-refractivity contribution in [2.45, 2.75) is 0 Å². The molecule has 0 fully saturated rings. The predicted molar refractivity (Wildman–Crippen MR) is 72.7 cm³/mol. The lowest BCUT2D eigenvalue weighted by Gasteiger charge is -2.09. The summed E-state index contributed by atoms with van der Waals surface area (Å²) < 4.78 is 15.3. The zero-order valence-electron chi connectivity index (χ0n) is 11.0. The highest BCUT2D eigenvalue weighted by molar-refractivity contribution is 5.97. The normalized spacial score (nSPS) is 10.4. The second-order valence-electron chi connectivity index (χ2n) is 4.02. The van der Waals surface area contributed by atoms with Crippen molar-refractivity contribution in [2.75, 3.05) is 27.4 Å². The molecular formula is C15H16O4. The molecule has 0 unspecified atom stereocenters. The third-order valence-electron chi connectivity index (χ3n) is 2.81. The van der Waals surface area contributed by atoms with Crippen LogP contribution in [0.5, 0.6) is 5.75 Å². The molecule has 2 aromatic rings. The van der Waals surface area contributed by atoms with Crippen LogP contribution in [-0.2, 0) is 9.47 Å². The van der Waals surface area contributed by atoms with E-state index in [9.17, 15) is 4.79 Å². The molecule has 0 spiro atoms. The van der Waals surface area contributed by atoms with Crippen LogP contribution in [0.3, 0.4) is 0 Å². The second kappa shape index (κ2) is 6.20. The number of carbonyl (C=O) groups excluding carboxylic acids is 1. The van der Waals surface area contributed by atoms with Crippen molar-refractivity contribution in [3.05, 3.63) is 42.0 Å². The summed E-state index contributed by atoms with van der Waals surface area (Å²) in [5.74, 6) is 0.383. The number of carbonyl (C=O) groups is 1. The molecule has 0 aliphatic carbocycles. The number of rotatable bonds is 5. The highest BCUT2D eigenvalue weighted by atomic mass is 16.5. The van der Waals surface area contributed by atoms with Gasteiger partial charge in [0.1, 0.15) is 12.4 Å². The fourth-order valence-electron chi connectivity index (χ4n) is 1.85. The average molecular weight is 260 g/mol. The predicted octanol–water partition coefficient (Wildman–Crippen LogP) is 2.65. The van der Waals surface area contributed by atoms with Crippen molar-refractivity contribution >= 4 is 16.7 Å². The lowest BCUT2D eigenvalue weighted by molar-refractivity contribution is 0.0601. The molecule has 0 aromatic heterocycles. The van der Waals surface area contributed by atoms with Crippen LogP contribution in [0.2, 0.25) is 0 Å². The van der Waals surface area contributed by atoms with Gasteiger partial charge in [0.25, 0.3) is 0 Å². The molecule has 0 heterocycles. The van der Waals surface area contributed by atoms with E-state index >= 15 is 0 Å². The maximum atomic E-state index is 11.5. The zero-order chi connectivity index (χ0) is 13.7. The summed E-state index contributed by atoms with van der Waals surface area (Å²) in [7, 11) is 3.00. The van der Waals surface area contributed by atoms with E-state index in [1.54, 1.807) is 19.2 Å². The number of benzene rings is 2. The van der Waals surface area contributed by atoms with E-state index in [2.05, 4.69) is 0 Å². The summed E-state index contributed by atoms with van der Waals surface area (Å²) in [5.41, 5.74) is 0.512. The quantitative estimate of drug-likeness (QED) is 0.612. The molecule has 100 valence electrons. The largest absolute Gasteiger partial charge is 0.491 e. The Kier molecular flexibility index (Phi) is 4.36. The van der Waals surface area contributed by atoms with Gasteiger partial charge in [0.05, 0.1) is 19.3 Å². The maximum Gasteiger partial charge on any atom is 0.337 e. The Hall–Kier alpha value is -2.07. The Labute approximate surface area is 111 Å². The highest BCUT2D eigenvalue weighted by Crippen LogP contribution is 2.26. The Bertz CT molecular complexity index is 577. The van der Waals surface area contributed by atoms with Gasteiger partial charge in [-0.15, -0.1) is 0 Å². The van der Waals surface area contributed by atoms with E-state index in [-0.39, 0.29) is 5.97 Å². The smallest absolute Gasteiger partial charge is 0.337 e. The van der Waals surface area contributed by atoms with Crippen molar-refractivity contribution in [1.29, 1.82) is 0 Å². The lowest BCUT2D eigenvalue weighted by atomic mass is 10.1. The molecule has 0 aliphatic heterocycles. The van der Waals surface area contributed by atoms with Crippen LogP contribution in [0.4, 0.5) is 0 Å². The molecule has 0 aliphatic rings. The van der Waals surface area contributed by atoms with Crippen LogP contribution >= 0.6 is 0 Å². The minimum absolute atomic E-state index is 0.353. The molecule has 0 atom stereocenters. The molecule has 4 nitrogen and oxygen atoms in total. The number of methoxy groups -OCH3 is 2. The SMILES string of the molecule is COCCOc1cccc2ccc(C(=O)OC)cc12. The van der Waals surface area contributed by atoms with Crippen molar-refractivity contribution in [3.8, 4) is 5.75 Å². The van der Waals surface area contributed by atoms with Gasteiger partial charge in [0.2, 0.25) is 0 Å². The topological polar surface area (TPSA) is 44.8 Å². The van der Waals surface area contributed by atoms with Gasteiger partial charge in [0, 0.05) is 12.5 Å². The minimum atomic E-state index is -0.353. The summed E-state index contributed by atoms with van der Waals surface area (Å²) in [6, 6.07) is 11.2. The molecule has 0 N–H and O–H groups in total. The number of esters is 1. The number of fused-ring (bicyclic) bond motifs is 1. The summed E-state index contributed by atoms with van der Waals surface area (Å²) in [6.07, 6.45) is 0. The van der Waals surface area contributed by atoms with Crippen LogP contribution in [0.1, 0.15) is 10.4 Å². The number of hydrogen-bond donors (Lipinski definition) is 0. The molecule has 19 heavy (non-hydrogen) atoms. The van der Waals surface area contributed by atoms with Crippen LogP contribution < -0.4 is 4.74 Å². The molecule has 0 amide bonds. The van der Waals surface area contributed by atoms with Gasteiger partial charge < -0.3 is 14.2 Å². The number of hydrogen-bond acceptors (Lipinski definition) is 4. The zero-order valence-corrected chi connectivity index (χ0v) is 11.0. The van der Waals surface area contributed by atoms with Crippen LogP contribution in [0.15, 0.2) is 36.4 Å².